The maximum atomic E-state index is 9.58. The van der Waals surface area contributed by atoms with Gasteiger partial charge in [-0.05, 0) is 6.92 Å². The van der Waals surface area contributed by atoms with E-state index in [1.54, 1.807) is 6.92 Å². The Morgan fingerprint density at radius 3 is 2.08 bits per heavy atom. The molecule has 0 spiro atoms. The zero-order valence-electron chi connectivity index (χ0n) is 8.30. The second kappa shape index (κ2) is 6.28. The van der Waals surface area contributed by atoms with Crippen LogP contribution in [0.5, 0.6) is 0 Å². The topological polar surface area (TPSA) is 84.9 Å². The van der Waals surface area contributed by atoms with E-state index in [0.717, 1.165) is 0 Å². The second-order valence-electron chi connectivity index (χ2n) is 3.01. The highest BCUT2D eigenvalue weighted by molar-refractivity contribution is 4.82. The van der Waals surface area contributed by atoms with Crippen molar-refractivity contribution < 1.29 is 19.7 Å². The summed E-state index contributed by atoms with van der Waals surface area (Å²) in [7, 11) is 2.89. The average molecular weight is 193 g/mol. The Bertz CT molecular complexity index is 125. The van der Waals surface area contributed by atoms with E-state index < -0.39 is 24.4 Å². The predicted molar refractivity (Wildman–Crippen MR) is 48.3 cm³/mol. The van der Waals surface area contributed by atoms with Crippen LogP contribution in [0.3, 0.4) is 0 Å². The van der Waals surface area contributed by atoms with Crippen LogP contribution in [-0.4, -0.2) is 55.4 Å². The Morgan fingerprint density at radius 1 is 1.31 bits per heavy atom. The lowest BCUT2D eigenvalue weighted by Crippen LogP contribution is -2.49. The lowest BCUT2D eigenvalue weighted by atomic mass is 10.0. The molecule has 0 rings (SSSR count). The summed E-state index contributed by atoms with van der Waals surface area (Å²) in [6, 6.07) is -0.422. The quantitative estimate of drug-likeness (QED) is 0.489. The van der Waals surface area contributed by atoms with E-state index >= 15 is 0 Å². The molecule has 0 amide bonds. The third-order valence-corrected chi connectivity index (χ3v) is 2.00. The largest absolute Gasteiger partial charge is 0.394 e. The summed E-state index contributed by atoms with van der Waals surface area (Å²) in [5.41, 5.74) is 5.49. The molecule has 1 unspecified atom stereocenters. The summed E-state index contributed by atoms with van der Waals surface area (Å²) in [6.07, 6.45) is -2.00. The molecule has 0 aliphatic heterocycles. The van der Waals surface area contributed by atoms with Gasteiger partial charge in [0, 0.05) is 20.3 Å². The van der Waals surface area contributed by atoms with E-state index in [1.165, 1.54) is 14.2 Å². The summed E-state index contributed by atoms with van der Waals surface area (Å²) in [5, 5.41) is 18.5. The monoisotopic (exact) mass is 193 g/mol. The molecule has 0 aliphatic carbocycles. The second-order valence-corrected chi connectivity index (χ2v) is 3.01. The molecular weight excluding hydrogens is 174 g/mol. The molecule has 0 aromatic rings. The predicted octanol–water partition coefficient (Wildman–Crippen LogP) is -1.28. The van der Waals surface area contributed by atoms with Crippen molar-refractivity contribution in [2.75, 3.05) is 20.8 Å². The fourth-order valence-corrected chi connectivity index (χ4v) is 1.12. The molecular formula is C8H19NO4. The molecule has 80 valence electrons. The molecule has 0 aliphatic rings. The molecule has 13 heavy (non-hydrogen) atoms. The first-order chi connectivity index (χ1) is 6.08. The Kier molecular flexibility index (Phi) is 6.19. The van der Waals surface area contributed by atoms with Gasteiger partial charge in [-0.1, -0.05) is 0 Å². The van der Waals surface area contributed by atoms with Gasteiger partial charge in [0.2, 0.25) is 0 Å². The maximum absolute atomic E-state index is 9.58. The maximum Gasteiger partial charge on any atom is 0.113 e. The van der Waals surface area contributed by atoms with Gasteiger partial charge in [-0.2, -0.15) is 0 Å². The van der Waals surface area contributed by atoms with Crippen LogP contribution in [0.15, 0.2) is 0 Å². The molecule has 0 bridgehead atoms. The van der Waals surface area contributed by atoms with Crippen LogP contribution in [0, 0.1) is 0 Å². The van der Waals surface area contributed by atoms with E-state index in [1.807, 2.05) is 0 Å². The van der Waals surface area contributed by atoms with Crippen molar-refractivity contribution in [1.82, 2.24) is 0 Å². The smallest absolute Gasteiger partial charge is 0.113 e. The van der Waals surface area contributed by atoms with Gasteiger partial charge in [0.25, 0.3) is 0 Å². The highest BCUT2D eigenvalue weighted by Crippen LogP contribution is 2.09. The lowest BCUT2D eigenvalue weighted by Gasteiger charge is -2.29. The van der Waals surface area contributed by atoms with Crippen LogP contribution in [0.4, 0.5) is 0 Å². The van der Waals surface area contributed by atoms with Gasteiger partial charge in [-0.25, -0.2) is 0 Å². The minimum Gasteiger partial charge on any atom is -0.394 e. The summed E-state index contributed by atoms with van der Waals surface area (Å²) in [4.78, 5) is 0. The van der Waals surface area contributed by atoms with Crippen LogP contribution in [-0.2, 0) is 9.47 Å². The third-order valence-electron chi connectivity index (χ3n) is 2.00. The minimum absolute atomic E-state index is 0.210. The molecule has 4 N–H and O–H groups in total. The zero-order chi connectivity index (χ0) is 10.4. The number of hydrogen-bond acceptors (Lipinski definition) is 5. The van der Waals surface area contributed by atoms with Crippen LogP contribution in [0.25, 0.3) is 0 Å². The summed E-state index contributed by atoms with van der Waals surface area (Å²) < 4.78 is 9.94. The normalized spacial score (nSPS) is 20.8. The third kappa shape index (κ3) is 3.58. The SMILES string of the molecule is COC(CO)[C@@H](OC)[C@H](O)[C@@H](C)N. The fraction of sp³-hybridized carbons (Fsp3) is 1.00. The molecule has 0 saturated heterocycles. The van der Waals surface area contributed by atoms with Crippen LogP contribution < -0.4 is 5.73 Å². The number of nitrogens with two attached hydrogens (primary N) is 1. The van der Waals surface area contributed by atoms with Crippen molar-refractivity contribution in [2.24, 2.45) is 5.73 Å². The van der Waals surface area contributed by atoms with Crippen molar-refractivity contribution in [3.05, 3.63) is 0 Å². The van der Waals surface area contributed by atoms with Crippen molar-refractivity contribution in [1.29, 1.82) is 0 Å². The van der Waals surface area contributed by atoms with Crippen molar-refractivity contribution in [3.63, 3.8) is 0 Å². The Balaban J connectivity index is 4.29. The minimum atomic E-state index is -0.845. The van der Waals surface area contributed by atoms with E-state index in [4.69, 9.17) is 20.3 Å². The van der Waals surface area contributed by atoms with Crippen LogP contribution in [0.1, 0.15) is 6.92 Å². The molecule has 0 saturated carbocycles. The van der Waals surface area contributed by atoms with Gasteiger partial charge in [-0.3, -0.25) is 0 Å². The van der Waals surface area contributed by atoms with Gasteiger partial charge >= 0.3 is 0 Å². The van der Waals surface area contributed by atoms with Crippen molar-refractivity contribution >= 4 is 0 Å². The molecule has 0 aromatic heterocycles. The first kappa shape index (κ1) is 12.8. The lowest BCUT2D eigenvalue weighted by molar-refractivity contribution is -0.114. The number of ether oxygens (including phenoxy) is 2. The summed E-state index contributed by atoms with van der Waals surface area (Å²) in [5.74, 6) is 0. The first-order valence-corrected chi connectivity index (χ1v) is 4.18. The number of aliphatic hydroxyl groups excluding tert-OH is 2. The number of hydrogen-bond donors (Lipinski definition) is 3. The molecule has 0 aromatic carbocycles. The summed E-state index contributed by atoms with van der Waals surface area (Å²) in [6.45, 7) is 1.46. The number of rotatable bonds is 6. The van der Waals surface area contributed by atoms with Gasteiger partial charge < -0.3 is 25.4 Å². The van der Waals surface area contributed by atoms with Gasteiger partial charge in [0.05, 0.1) is 12.7 Å². The first-order valence-electron chi connectivity index (χ1n) is 4.18. The Morgan fingerprint density at radius 2 is 1.85 bits per heavy atom. The Labute approximate surface area is 78.4 Å². The molecule has 5 heteroatoms. The highest BCUT2D eigenvalue weighted by atomic mass is 16.5. The number of methoxy groups -OCH3 is 2. The van der Waals surface area contributed by atoms with Gasteiger partial charge in [-0.15, -0.1) is 0 Å². The van der Waals surface area contributed by atoms with E-state index in [-0.39, 0.29) is 6.61 Å². The fourth-order valence-electron chi connectivity index (χ4n) is 1.12. The zero-order valence-corrected chi connectivity index (χ0v) is 8.30. The molecule has 0 radical (unpaired) electrons. The van der Waals surface area contributed by atoms with E-state index in [2.05, 4.69) is 0 Å². The average Bonchev–Trinajstić information content (AvgIpc) is 2.12. The molecule has 0 heterocycles. The standard InChI is InChI=1S/C8H19NO4/c1-5(9)7(11)8(13-3)6(4-10)12-2/h5-8,10-11H,4,9H2,1-3H3/t5-,6?,7-,8-/m1/s1. The summed E-state index contributed by atoms with van der Waals surface area (Å²) >= 11 is 0. The Hall–Kier alpha value is -0.200. The van der Waals surface area contributed by atoms with Crippen molar-refractivity contribution in [3.8, 4) is 0 Å². The van der Waals surface area contributed by atoms with E-state index in [9.17, 15) is 5.11 Å². The molecule has 4 atom stereocenters. The van der Waals surface area contributed by atoms with Gasteiger partial charge in [0.1, 0.15) is 12.2 Å². The van der Waals surface area contributed by atoms with E-state index in [0.29, 0.717) is 0 Å². The highest BCUT2D eigenvalue weighted by Gasteiger charge is 2.30. The molecule has 0 fully saturated rings. The van der Waals surface area contributed by atoms with Gasteiger partial charge in [0.15, 0.2) is 0 Å². The van der Waals surface area contributed by atoms with Crippen LogP contribution >= 0.6 is 0 Å². The van der Waals surface area contributed by atoms with Crippen LogP contribution in [0.2, 0.25) is 0 Å². The number of aliphatic hydroxyl groups is 2. The molecule has 5 nitrogen and oxygen atoms in total. The van der Waals surface area contributed by atoms with Crippen molar-refractivity contribution in [2.45, 2.75) is 31.3 Å².